The zero-order chi connectivity index (χ0) is 24.0. The maximum atomic E-state index is 12.0. The van der Waals surface area contributed by atoms with E-state index in [4.69, 9.17) is 10.5 Å². The summed E-state index contributed by atoms with van der Waals surface area (Å²) >= 11 is 0. The largest absolute Gasteiger partial charge is 0.489 e. The standard InChI is InChI=1S/C27H31N3O4/c1-27(2,26(28)33)29-20-10-6-9-19-23-22(16-7-4-3-5-8-16)18-12-11-17(25(31)32)15-21(18)30(23)13-14-34-24(19)20/h6,9-12,15-16,29H,3-5,7-8,13-14H2,1-2H3,(H2,28,33)(H,31,32). The van der Waals surface area contributed by atoms with Crippen molar-refractivity contribution in [3.63, 3.8) is 0 Å². The molecule has 5 rings (SSSR count). The normalized spacial score (nSPS) is 16.3. The number of aromatic carboxylic acids is 1. The van der Waals surface area contributed by atoms with Gasteiger partial charge in [-0.15, -0.1) is 0 Å². The fraction of sp³-hybridized carbons (Fsp3) is 0.407. The minimum absolute atomic E-state index is 0.284. The summed E-state index contributed by atoms with van der Waals surface area (Å²) in [4.78, 5) is 23.7. The summed E-state index contributed by atoms with van der Waals surface area (Å²) in [5.41, 5.74) is 9.95. The van der Waals surface area contributed by atoms with Gasteiger partial charge < -0.3 is 25.5 Å². The maximum absolute atomic E-state index is 12.0. The van der Waals surface area contributed by atoms with Crippen LogP contribution < -0.4 is 15.8 Å². The Bertz CT molecular complexity index is 1280. The summed E-state index contributed by atoms with van der Waals surface area (Å²) in [7, 11) is 0. The van der Waals surface area contributed by atoms with Crippen LogP contribution in [0.2, 0.25) is 0 Å². The van der Waals surface area contributed by atoms with Gasteiger partial charge in [-0.1, -0.05) is 31.4 Å². The number of ether oxygens (including phenoxy) is 1. The molecule has 0 radical (unpaired) electrons. The number of anilines is 1. The number of carboxylic acid groups (broad SMARTS) is 1. The topological polar surface area (TPSA) is 107 Å². The molecule has 1 aliphatic heterocycles. The lowest BCUT2D eigenvalue weighted by Crippen LogP contribution is -2.45. The van der Waals surface area contributed by atoms with E-state index in [1.54, 1.807) is 26.0 Å². The van der Waals surface area contributed by atoms with Crippen molar-refractivity contribution < 1.29 is 19.4 Å². The summed E-state index contributed by atoms with van der Waals surface area (Å²) < 4.78 is 8.49. The third-order valence-electron chi connectivity index (χ3n) is 7.26. The van der Waals surface area contributed by atoms with Crippen LogP contribution in [-0.2, 0) is 11.3 Å². The van der Waals surface area contributed by atoms with Crippen LogP contribution in [0.1, 0.15) is 67.8 Å². The number of hydrogen-bond acceptors (Lipinski definition) is 4. The van der Waals surface area contributed by atoms with E-state index in [0.717, 1.165) is 40.7 Å². The van der Waals surface area contributed by atoms with E-state index in [1.807, 2.05) is 18.2 Å². The first-order valence-electron chi connectivity index (χ1n) is 12.0. The molecule has 3 aromatic rings. The number of nitrogens with two attached hydrogens (primary N) is 1. The van der Waals surface area contributed by atoms with Gasteiger partial charge in [0.2, 0.25) is 5.91 Å². The molecule has 0 saturated heterocycles. The number of nitrogens with zero attached hydrogens (tertiary/aromatic N) is 1. The number of primary amides is 1. The zero-order valence-electron chi connectivity index (χ0n) is 19.7. The van der Waals surface area contributed by atoms with Gasteiger partial charge in [0.1, 0.15) is 12.1 Å². The number of carbonyl (C=O) groups excluding carboxylic acids is 1. The molecule has 2 aromatic carbocycles. The third-order valence-corrected chi connectivity index (χ3v) is 7.26. The van der Waals surface area contributed by atoms with Gasteiger partial charge in [-0.25, -0.2) is 4.79 Å². The van der Waals surface area contributed by atoms with Crippen molar-refractivity contribution in [2.45, 2.75) is 64.0 Å². The van der Waals surface area contributed by atoms with Crippen LogP contribution >= 0.6 is 0 Å². The van der Waals surface area contributed by atoms with Crippen LogP contribution in [0.15, 0.2) is 36.4 Å². The van der Waals surface area contributed by atoms with Crippen LogP contribution in [-0.4, -0.2) is 33.7 Å². The summed E-state index contributed by atoms with van der Waals surface area (Å²) in [5.74, 6) is -0.263. The molecule has 1 saturated carbocycles. The minimum atomic E-state index is -0.944. The second kappa shape index (κ2) is 8.38. The summed E-state index contributed by atoms with van der Waals surface area (Å²) in [6.45, 7) is 4.54. The van der Waals surface area contributed by atoms with Crippen LogP contribution in [0.5, 0.6) is 5.75 Å². The number of nitrogens with one attached hydrogen (secondary N) is 1. The summed E-state index contributed by atoms with van der Waals surface area (Å²) in [6.07, 6.45) is 5.89. The molecule has 7 heteroatoms. The lowest BCUT2D eigenvalue weighted by molar-refractivity contribution is -0.121. The Morgan fingerprint density at radius 3 is 2.62 bits per heavy atom. The Labute approximate surface area is 198 Å². The van der Waals surface area contributed by atoms with Gasteiger partial charge in [-0.2, -0.15) is 0 Å². The van der Waals surface area contributed by atoms with Crippen molar-refractivity contribution in [1.82, 2.24) is 4.57 Å². The molecule has 0 atom stereocenters. The minimum Gasteiger partial charge on any atom is -0.489 e. The first-order chi connectivity index (χ1) is 16.3. The third kappa shape index (κ3) is 3.69. The summed E-state index contributed by atoms with van der Waals surface area (Å²) in [5, 5.41) is 14.0. The van der Waals surface area contributed by atoms with Crippen LogP contribution in [0.3, 0.4) is 0 Å². The number of fused-ring (bicyclic) bond motifs is 5. The van der Waals surface area contributed by atoms with Crippen molar-refractivity contribution in [3.05, 3.63) is 47.5 Å². The number of amides is 1. The molecule has 0 unspecified atom stereocenters. The highest BCUT2D eigenvalue weighted by molar-refractivity contribution is 5.99. The van der Waals surface area contributed by atoms with E-state index in [0.29, 0.717) is 24.8 Å². The predicted octanol–water partition coefficient (Wildman–Crippen LogP) is 5.12. The van der Waals surface area contributed by atoms with Crippen molar-refractivity contribution in [2.75, 3.05) is 11.9 Å². The molecule has 4 N–H and O–H groups in total. The molecule has 1 aliphatic carbocycles. The highest BCUT2D eigenvalue weighted by Crippen LogP contribution is 2.49. The fourth-order valence-electron chi connectivity index (χ4n) is 5.45. The number of benzene rings is 2. The average molecular weight is 462 g/mol. The van der Waals surface area contributed by atoms with Crippen molar-refractivity contribution in [3.8, 4) is 17.0 Å². The van der Waals surface area contributed by atoms with Gasteiger partial charge in [0.05, 0.1) is 23.5 Å². The van der Waals surface area contributed by atoms with Gasteiger partial charge >= 0.3 is 5.97 Å². The van der Waals surface area contributed by atoms with E-state index in [1.165, 1.54) is 24.8 Å². The monoisotopic (exact) mass is 461 g/mol. The lowest BCUT2D eigenvalue weighted by Gasteiger charge is -2.26. The van der Waals surface area contributed by atoms with E-state index in [-0.39, 0.29) is 5.56 Å². The average Bonchev–Trinajstić information content (AvgIpc) is 3.00. The second-order valence-corrected chi connectivity index (χ2v) is 9.93. The van der Waals surface area contributed by atoms with E-state index >= 15 is 0 Å². The van der Waals surface area contributed by atoms with Crippen LogP contribution in [0.4, 0.5) is 5.69 Å². The van der Waals surface area contributed by atoms with Gasteiger partial charge in [0.15, 0.2) is 5.75 Å². The van der Waals surface area contributed by atoms with Gasteiger partial charge in [0, 0.05) is 16.5 Å². The molecule has 1 fully saturated rings. The van der Waals surface area contributed by atoms with Crippen LogP contribution in [0.25, 0.3) is 22.2 Å². The highest BCUT2D eigenvalue weighted by Gasteiger charge is 2.32. The number of para-hydroxylation sites is 1. The van der Waals surface area contributed by atoms with Gasteiger partial charge in [0.25, 0.3) is 0 Å². The Balaban J connectivity index is 1.76. The number of hydrogen-bond donors (Lipinski definition) is 3. The fourth-order valence-corrected chi connectivity index (χ4v) is 5.45. The van der Waals surface area contributed by atoms with E-state index in [2.05, 4.69) is 16.0 Å². The quantitative estimate of drug-likeness (QED) is 0.489. The molecule has 0 bridgehead atoms. The first-order valence-corrected chi connectivity index (χ1v) is 12.0. The highest BCUT2D eigenvalue weighted by atomic mass is 16.5. The van der Waals surface area contributed by atoms with Crippen molar-refractivity contribution in [2.24, 2.45) is 5.73 Å². The maximum Gasteiger partial charge on any atom is 0.335 e. The summed E-state index contributed by atoms with van der Waals surface area (Å²) in [6, 6.07) is 11.4. The van der Waals surface area contributed by atoms with E-state index in [9.17, 15) is 14.7 Å². The molecule has 34 heavy (non-hydrogen) atoms. The lowest BCUT2D eigenvalue weighted by atomic mass is 9.81. The van der Waals surface area contributed by atoms with Crippen LogP contribution in [0, 0.1) is 0 Å². The molecule has 0 spiro atoms. The smallest absolute Gasteiger partial charge is 0.335 e. The Morgan fingerprint density at radius 1 is 1.15 bits per heavy atom. The molecular formula is C27H31N3O4. The number of aromatic nitrogens is 1. The number of carboxylic acids is 1. The molecule has 1 amide bonds. The molecular weight excluding hydrogens is 430 g/mol. The zero-order valence-corrected chi connectivity index (χ0v) is 19.7. The van der Waals surface area contributed by atoms with Gasteiger partial charge in [-0.3, -0.25) is 4.79 Å². The molecule has 2 aliphatic rings. The second-order valence-electron chi connectivity index (χ2n) is 9.93. The number of carbonyl (C=O) groups is 2. The van der Waals surface area contributed by atoms with Crippen molar-refractivity contribution in [1.29, 1.82) is 0 Å². The Kier molecular flexibility index (Phi) is 5.50. The van der Waals surface area contributed by atoms with Gasteiger partial charge in [-0.05, 0) is 62.4 Å². The number of rotatable bonds is 5. The molecule has 1 aromatic heterocycles. The van der Waals surface area contributed by atoms with E-state index < -0.39 is 17.4 Å². The molecule has 178 valence electrons. The SMILES string of the molecule is CC(C)(Nc1cccc2c1OCCn1c-2c(C2CCCCC2)c2ccc(C(=O)O)cc21)C(N)=O. The van der Waals surface area contributed by atoms with Crippen molar-refractivity contribution >= 4 is 28.5 Å². The Hall–Kier alpha value is -3.48. The first kappa shape index (κ1) is 22.3. The molecule has 2 heterocycles. The predicted molar refractivity (Wildman–Crippen MR) is 133 cm³/mol. The molecule has 7 nitrogen and oxygen atoms in total. The Morgan fingerprint density at radius 2 is 1.91 bits per heavy atom.